The van der Waals surface area contributed by atoms with Crippen molar-refractivity contribution in [1.82, 2.24) is 0 Å². The molecular formula is C13H11ClO4. The monoisotopic (exact) mass is 266 g/mol. The van der Waals surface area contributed by atoms with Gasteiger partial charge >= 0.3 is 11.9 Å². The summed E-state index contributed by atoms with van der Waals surface area (Å²) >= 11 is 5.84. The fraction of sp³-hybridized carbons (Fsp3) is 0.231. The number of carbonyl (C=O) groups excluding carboxylic acids is 2. The molecule has 1 aromatic carbocycles. The summed E-state index contributed by atoms with van der Waals surface area (Å²) in [5.41, 5.74) is 0.683. The molecule has 0 aliphatic carbocycles. The van der Waals surface area contributed by atoms with E-state index in [4.69, 9.17) is 11.6 Å². The largest absolute Gasteiger partial charge is 0.465 e. The van der Waals surface area contributed by atoms with Crippen molar-refractivity contribution in [3.8, 4) is 11.8 Å². The predicted molar refractivity (Wildman–Crippen MR) is 66.3 cm³/mol. The standard InChI is InChI=1S/C13H11ClO4/c1-3-18-12(15)7-5-9-4-6-11(14)10(8-9)13(16)17-2/h4,6,8H,3H2,1-2H3. The quantitative estimate of drug-likeness (QED) is 0.607. The van der Waals surface area contributed by atoms with Gasteiger partial charge in [0.25, 0.3) is 0 Å². The van der Waals surface area contributed by atoms with E-state index >= 15 is 0 Å². The third-order valence-corrected chi connectivity index (χ3v) is 2.29. The first-order valence-electron chi connectivity index (χ1n) is 5.15. The predicted octanol–water partition coefficient (Wildman–Crippen LogP) is 2.04. The molecule has 0 saturated heterocycles. The number of methoxy groups -OCH3 is 1. The summed E-state index contributed by atoms with van der Waals surface area (Å²) in [5.74, 6) is 3.71. The lowest BCUT2D eigenvalue weighted by Gasteiger charge is -2.02. The van der Waals surface area contributed by atoms with Crippen molar-refractivity contribution in [2.24, 2.45) is 0 Å². The Bertz CT molecular complexity index is 526. The van der Waals surface area contributed by atoms with Gasteiger partial charge in [0, 0.05) is 11.5 Å². The van der Waals surface area contributed by atoms with Crippen LogP contribution in [0.15, 0.2) is 18.2 Å². The van der Waals surface area contributed by atoms with Crippen LogP contribution in [-0.2, 0) is 14.3 Å². The summed E-state index contributed by atoms with van der Waals surface area (Å²) in [6, 6.07) is 4.57. The highest BCUT2D eigenvalue weighted by Gasteiger charge is 2.10. The van der Waals surface area contributed by atoms with E-state index < -0.39 is 11.9 Å². The maximum absolute atomic E-state index is 11.4. The Labute approximate surface area is 110 Å². The number of carbonyl (C=O) groups is 2. The van der Waals surface area contributed by atoms with Crippen LogP contribution in [0.25, 0.3) is 0 Å². The maximum atomic E-state index is 11.4. The Balaban J connectivity index is 2.98. The minimum absolute atomic E-state index is 0.204. The third kappa shape index (κ3) is 3.79. The van der Waals surface area contributed by atoms with Crippen molar-refractivity contribution in [3.05, 3.63) is 34.3 Å². The van der Waals surface area contributed by atoms with Gasteiger partial charge in [-0.05, 0) is 25.1 Å². The van der Waals surface area contributed by atoms with Gasteiger partial charge in [0.1, 0.15) is 0 Å². The zero-order valence-corrected chi connectivity index (χ0v) is 10.7. The lowest BCUT2D eigenvalue weighted by atomic mass is 10.1. The molecule has 0 unspecified atom stereocenters. The second kappa shape index (κ2) is 6.67. The number of benzene rings is 1. The van der Waals surface area contributed by atoms with E-state index in [1.54, 1.807) is 13.0 Å². The molecule has 0 bridgehead atoms. The van der Waals surface area contributed by atoms with E-state index in [-0.39, 0.29) is 17.2 Å². The lowest BCUT2D eigenvalue weighted by molar-refractivity contribution is -0.136. The zero-order valence-electron chi connectivity index (χ0n) is 9.95. The van der Waals surface area contributed by atoms with Crippen LogP contribution in [-0.4, -0.2) is 25.7 Å². The molecule has 0 N–H and O–H groups in total. The van der Waals surface area contributed by atoms with Gasteiger partial charge in [0.2, 0.25) is 0 Å². The molecule has 0 atom stereocenters. The fourth-order valence-corrected chi connectivity index (χ4v) is 1.35. The second-order valence-electron chi connectivity index (χ2n) is 3.16. The average Bonchev–Trinajstić information content (AvgIpc) is 2.37. The van der Waals surface area contributed by atoms with E-state index in [1.807, 2.05) is 0 Å². The molecule has 0 amide bonds. The van der Waals surface area contributed by atoms with Crippen LogP contribution >= 0.6 is 11.6 Å². The smallest absolute Gasteiger partial charge is 0.384 e. The van der Waals surface area contributed by atoms with Crippen LogP contribution < -0.4 is 0 Å². The number of hydrogen-bond acceptors (Lipinski definition) is 4. The molecule has 94 valence electrons. The molecule has 0 saturated carbocycles. The van der Waals surface area contributed by atoms with Crippen LogP contribution in [0.5, 0.6) is 0 Å². The molecule has 5 heteroatoms. The molecule has 0 fully saturated rings. The van der Waals surface area contributed by atoms with Gasteiger partial charge in [-0.2, -0.15) is 0 Å². The SMILES string of the molecule is CCOC(=O)C#Cc1ccc(Cl)c(C(=O)OC)c1. The minimum Gasteiger partial charge on any atom is -0.465 e. The number of ether oxygens (including phenoxy) is 2. The van der Waals surface area contributed by atoms with Gasteiger partial charge in [-0.1, -0.05) is 17.5 Å². The summed E-state index contributed by atoms with van der Waals surface area (Å²) in [5, 5.41) is 0.267. The van der Waals surface area contributed by atoms with Crippen LogP contribution in [0.2, 0.25) is 5.02 Å². The van der Waals surface area contributed by atoms with Crippen LogP contribution in [0, 0.1) is 11.8 Å². The molecule has 0 radical (unpaired) electrons. The van der Waals surface area contributed by atoms with E-state index in [9.17, 15) is 9.59 Å². The van der Waals surface area contributed by atoms with E-state index in [1.165, 1.54) is 19.2 Å². The summed E-state index contributed by atoms with van der Waals surface area (Å²) in [7, 11) is 1.26. The van der Waals surface area contributed by atoms with Crippen molar-refractivity contribution < 1.29 is 19.1 Å². The highest BCUT2D eigenvalue weighted by molar-refractivity contribution is 6.33. The Morgan fingerprint density at radius 1 is 1.39 bits per heavy atom. The molecule has 0 aromatic heterocycles. The summed E-state index contributed by atoms with van der Waals surface area (Å²) in [6.07, 6.45) is 0. The average molecular weight is 267 g/mol. The van der Waals surface area contributed by atoms with Gasteiger partial charge in [-0.25, -0.2) is 9.59 Å². The highest BCUT2D eigenvalue weighted by Crippen LogP contribution is 2.18. The molecule has 4 nitrogen and oxygen atoms in total. The van der Waals surface area contributed by atoms with Gasteiger partial charge in [0.05, 0.1) is 24.3 Å². The first-order valence-corrected chi connectivity index (χ1v) is 5.53. The van der Waals surface area contributed by atoms with Gasteiger partial charge in [-0.15, -0.1) is 0 Å². The molecule has 0 aliphatic heterocycles. The van der Waals surface area contributed by atoms with E-state index in [2.05, 4.69) is 21.3 Å². The maximum Gasteiger partial charge on any atom is 0.384 e. The third-order valence-electron chi connectivity index (χ3n) is 1.96. The Morgan fingerprint density at radius 2 is 2.11 bits per heavy atom. The van der Waals surface area contributed by atoms with Crippen molar-refractivity contribution >= 4 is 23.5 Å². The Kier molecular flexibility index (Phi) is 5.22. The summed E-state index contributed by atoms with van der Waals surface area (Å²) in [6.45, 7) is 1.96. The Hall–Kier alpha value is -1.99. The van der Waals surface area contributed by atoms with Gasteiger partial charge in [-0.3, -0.25) is 0 Å². The molecular weight excluding hydrogens is 256 g/mol. The molecule has 0 aliphatic rings. The van der Waals surface area contributed by atoms with Crippen molar-refractivity contribution in [2.75, 3.05) is 13.7 Å². The summed E-state index contributed by atoms with van der Waals surface area (Å²) in [4.78, 5) is 22.4. The molecule has 1 rings (SSSR count). The van der Waals surface area contributed by atoms with Gasteiger partial charge in [0.15, 0.2) is 0 Å². The van der Waals surface area contributed by atoms with Crippen LogP contribution in [0.1, 0.15) is 22.8 Å². The molecule has 18 heavy (non-hydrogen) atoms. The first-order chi connectivity index (χ1) is 8.58. The van der Waals surface area contributed by atoms with Crippen LogP contribution in [0.3, 0.4) is 0 Å². The lowest BCUT2D eigenvalue weighted by Crippen LogP contribution is -2.02. The molecule has 0 spiro atoms. The molecule has 1 aromatic rings. The van der Waals surface area contributed by atoms with Crippen molar-refractivity contribution in [2.45, 2.75) is 6.92 Å². The van der Waals surface area contributed by atoms with Crippen molar-refractivity contribution in [1.29, 1.82) is 0 Å². The number of esters is 2. The Morgan fingerprint density at radius 3 is 2.72 bits per heavy atom. The topological polar surface area (TPSA) is 52.6 Å². The fourth-order valence-electron chi connectivity index (χ4n) is 1.16. The van der Waals surface area contributed by atoms with Crippen LogP contribution in [0.4, 0.5) is 0 Å². The number of hydrogen-bond donors (Lipinski definition) is 0. The highest BCUT2D eigenvalue weighted by atomic mass is 35.5. The van der Waals surface area contributed by atoms with E-state index in [0.29, 0.717) is 5.56 Å². The van der Waals surface area contributed by atoms with E-state index in [0.717, 1.165) is 0 Å². The van der Waals surface area contributed by atoms with Gasteiger partial charge < -0.3 is 9.47 Å². The molecule has 0 heterocycles. The normalized spacial score (nSPS) is 9.06. The zero-order chi connectivity index (χ0) is 13.5. The summed E-state index contributed by atoms with van der Waals surface area (Å²) < 4.78 is 9.23. The minimum atomic E-state index is -0.618. The number of halogens is 1. The second-order valence-corrected chi connectivity index (χ2v) is 3.56. The first kappa shape index (κ1) is 14.1. The number of rotatable bonds is 2. The van der Waals surface area contributed by atoms with Crippen molar-refractivity contribution in [3.63, 3.8) is 0 Å².